The molecular formula is C39H58O6. The van der Waals surface area contributed by atoms with E-state index in [-0.39, 0.29) is 30.0 Å². The van der Waals surface area contributed by atoms with E-state index in [1.807, 2.05) is 6.92 Å². The molecule has 5 saturated carbocycles. The first-order valence-corrected chi connectivity index (χ1v) is 17.3. The molecular weight excluding hydrogens is 564 g/mol. The van der Waals surface area contributed by atoms with Crippen LogP contribution in [0.2, 0.25) is 0 Å². The van der Waals surface area contributed by atoms with Crippen molar-refractivity contribution in [2.45, 2.75) is 118 Å². The first-order valence-electron chi connectivity index (χ1n) is 17.3. The van der Waals surface area contributed by atoms with E-state index in [1.54, 1.807) is 18.2 Å². The zero-order valence-corrected chi connectivity index (χ0v) is 28.6. The summed E-state index contributed by atoms with van der Waals surface area (Å²) in [5.41, 5.74) is 2.44. The monoisotopic (exact) mass is 622 g/mol. The molecule has 0 heterocycles. The summed E-state index contributed by atoms with van der Waals surface area (Å²) in [5.74, 6) is 2.88. The minimum atomic E-state index is -0.321. The van der Waals surface area contributed by atoms with Gasteiger partial charge in [-0.15, -0.1) is 6.58 Å². The number of fused-ring (bicyclic) bond motifs is 7. The fourth-order valence-corrected chi connectivity index (χ4v) is 11.6. The summed E-state index contributed by atoms with van der Waals surface area (Å²) in [6, 6.07) is 4.54. The summed E-state index contributed by atoms with van der Waals surface area (Å²) in [6.07, 6.45) is 19.5. The Morgan fingerprint density at radius 3 is 2.24 bits per heavy atom. The molecule has 0 amide bonds. The summed E-state index contributed by atoms with van der Waals surface area (Å²) in [7, 11) is 0. The molecule has 5 aliphatic rings. The van der Waals surface area contributed by atoms with Gasteiger partial charge in [0.05, 0.1) is 0 Å². The average molecular weight is 623 g/mol. The van der Waals surface area contributed by atoms with Crippen LogP contribution in [0.3, 0.4) is 0 Å². The van der Waals surface area contributed by atoms with Gasteiger partial charge in [-0.1, -0.05) is 53.2 Å². The average Bonchev–Trinajstić information content (AvgIpc) is 3.38. The number of ether oxygens (including phenoxy) is 1. The van der Waals surface area contributed by atoms with E-state index in [0.717, 1.165) is 30.6 Å². The fourth-order valence-electron chi connectivity index (χ4n) is 11.6. The maximum atomic E-state index is 12.8. The number of carboxylic acid groups (broad SMARTS) is 1. The molecule has 5 aliphatic carbocycles. The number of hydrogen-bond acceptors (Lipinski definition) is 5. The van der Waals surface area contributed by atoms with E-state index < -0.39 is 0 Å². The summed E-state index contributed by atoms with van der Waals surface area (Å²) >= 11 is 0. The third-order valence-corrected chi connectivity index (χ3v) is 14.0. The van der Waals surface area contributed by atoms with Gasteiger partial charge in [0.1, 0.15) is 6.10 Å². The summed E-state index contributed by atoms with van der Waals surface area (Å²) < 4.78 is 6.06. The minimum absolute atomic E-state index is 0.0430. The van der Waals surface area contributed by atoms with Crippen LogP contribution in [0, 0.1) is 51.2 Å². The van der Waals surface area contributed by atoms with Crippen molar-refractivity contribution < 1.29 is 29.6 Å². The lowest BCUT2D eigenvalue weighted by atomic mass is 9.33. The highest BCUT2D eigenvalue weighted by Crippen LogP contribution is 2.76. The predicted octanol–water partition coefficient (Wildman–Crippen LogP) is 9.40. The van der Waals surface area contributed by atoms with Crippen LogP contribution in [0.25, 0.3) is 6.08 Å². The van der Waals surface area contributed by atoms with Crippen molar-refractivity contribution in [3.63, 3.8) is 0 Å². The normalized spacial score (nSPS) is 41.4. The highest BCUT2D eigenvalue weighted by Gasteiger charge is 2.68. The van der Waals surface area contributed by atoms with Gasteiger partial charge in [0.25, 0.3) is 6.47 Å². The topological polar surface area (TPSA) is 104 Å². The highest BCUT2D eigenvalue weighted by atomic mass is 16.5. The first kappa shape index (κ1) is 35.1. The zero-order valence-electron chi connectivity index (χ0n) is 28.6. The SMILES string of the molecule is C=CC.CC1C(OC(=O)/C=C/c2ccc(O)c(O)c2)CCC2(C)C1CCC1(C)C2CCC2C3CCCC3(C)CC[C@]21C.O=CO. The van der Waals surface area contributed by atoms with Gasteiger partial charge in [0.2, 0.25) is 0 Å². The van der Waals surface area contributed by atoms with Crippen molar-refractivity contribution in [3.8, 4) is 11.5 Å². The van der Waals surface area contributed by atoms with E-state index in [2.05, 4.69) is 41.2 Å². The van der Waals surface area contributed by atoms with Crippen LogP contribution in [0.15, 0.2) is 36.9 Å². The zero-order chi connectivity index (χ0) is 33.2. The third-order valence-electron chi connectivity index (χ3n) is 14.0. The van der Waals surface area contributed by atoms with E-state index in [4.69, 9.17) is 14.6 Å². The van der Waals surface area contributed by atoms with Crippen molar-refractivity contribution in [1.82, 2.24) is 0 Å². The standard InChI is InChI=1S/C35H50O4.C3H6.CH2O2/c1-22-24-14-18-35(5)30(12-10-26-25-7-6-16-32(25,2)19-20-34(26,35)4)33(24,3)17-15-29(22)39-31(38)13-9-23-8-11-27(36)28(37)21-23;1-3-2;2-1-3/h8-9,11,13,21-22,24-26,29-30,36-37H,6-7,10,12,14-20H2,1-5H3;3H,1H2,2H3;1H,(H,2,3)/b13-9+;;/t22?,24?,25?,26?,29?,30?,32?,33?,34-,35?;;/m1../s1. The first-order chi connectivity index (χ1) is 21.2. The summed E-state index contributed by atoms with van der Waals surface area (Å²) in [4.78, 5) is 21.2. The molecule has 0 bridgehead atoms. The molecule has 0 saturated heterocycles. The Morgan fingerprint density at radius 2 is 1.58 bits per heavy atom. The van der Waals surface area contributed by atoms with Gasteiger partial charge in [-0.25, -0.2) is 4.79 Å². The quantitative estimate of drug-likeness (QED) is 0.102. The molecule has 3 N–H and O–H groups in total. The van der Waals surface area contributed by atoms with Gasteiger partial charge < -0.3 is 20.1 Å². The molecule has 0 spiro atoms. The molecule has 9 unspecified atom stereocenters. The third kappa shape index (κ3) is 6.20. The van der Waals surface area contributed by atoms with Gasteiger partial charge in [0.15, 0.2) is 11.5 Å². The number of allylic oxidation sites excluding steroid dienone is 1. The number of aromatic hydroxyl groups is 2. The van der Waals surface area contributed by atoms with E-state index in [0.29, 0.717) is 39.1 Å². The number of hydrogen-bond donors (Lipinski definition) is 3. The maximum Gasteiger partial charge on any atom is 0.331 e. The second-order valence-electron chi connectivity index (χ2n) is 15.8. The van der Waals surface area contributed by atoms with Crippen LogP contribution >= 0.6 is 0 Å². The molecule has 250 valence electrons. The fraction of sp³-hybridized carbons (Fsp3) is 0.692. The highest BCUT2D eigenvalue weighted by molar-refractivity contribution is 5.87. The Kier molecular flexibility index (Phi) is 10.6. The van der Waals surface area contributed by atoms with Gasteiger partial charge >= 0.3 is 5.97 Å². The molecule has 0 aromatic heterocycles. The van der Waals surface area contributed by atoms with Crippen molar-refractivity contribution in [2.75, 3.05) is 0 Å². The number of carbonyl (C=O) groups is 2. The smallest absolute Gasteiger partial charge is 0.331 e. The van der Waals surface area contributed by atoms with E-state index >= 15 is 0 Å². The molecule has 0 radical (unpaired) electrons. The lowest BCUT2D eigenvalue weighted by Gasteiger charge is -2.71. The lowest BCUT2D eigenvalue weighted by molar-refractivity contribution is -0.233. The Balaban J connectivity index is 0.000000713. The number of esters is 1. The predicted molar refractivity (Wildman–Crippen MR) is 180 cm³/mol. The molecule has 1 aromatic rings. The molecule has 10 atom stereocenters. The maximum absolute atomic E-state index is 12.8. The Morgan fingerprint density at radius 1 is 0.889 bits per heavy atom. The van der Waals surface area contributed by atoms with E-state index in [1.165, 1.54) is 76.0 Å². The molecule has 6 nitrogen and oxygen atoms in total. The summed E-state index contributed by atoms with van der Waals surface area (Å²) in [6.45, 7) is 18.0. The second-order valence-corrected chi connectivity index (χ2v) is 15.8. The van der Waals surface area contributed by atoms with Crippen LogP contribution in [0.1, 0.15) is 118 Å². The van der Waals surface area contributed by atoms with Gasteiger partial charge in [0, 0.05) is 6.08 Å². The van der Waals surface area contributed by atoms with Crippen molar-refractivity contribution in [3.05, 3.63) is 42.5 Å². The van der Waals surface area contributed by atoms with Crippen LogP contribution in [0.4, 0.5) is 0 Å². The second kappa shape index (κ2) is 13.5. The van der Waals surface area contributed by atoms with Crippen LogP contribution in [-0.4, -0.2) is 33.9 Å². The molecule has 6 rings (SSSR count). The van der Waals surface area contributed by atoms with Crippen LogP contribution < -0.4 is 0 Å². The Hall–Kier alpha value is -2.76. The largest absolute Gasteiger partial charge is 0.504 e. The van der Waals surface area contributed by atoms with Gasteiger partial charge in [-0.05, 0) is 146 Å². The van der Waals surface area contributed by atoms with Crippen LogP contribution in [0.5, 0.6) is 11.5 Å². The van der Waals surface area contributed by atoms with Crippen molar-refractivity contribution >= 4 is 18.5 Å². The van der Waals surface area contributed by atoms with Gasteiger partial charge in [-0.3, -0.25) is 4.79 Å². The molecule has 0 aliphatic heterocycles. The Bertz CT molecular complexity index is 1250. The lowest BCUT2D eigenvalue weighted by Crippen LogP contribution is -2.65. The van der Waals surface area contributed by atoms with E-state index in [9.17, 15) is 15.0 Å². The summed E-state index contributed by atoms with van der Waals surface area (Å²) in [5, 5.41) is 26.1. The van der Waals surface area contributed by atoms with Crippen molar-refractivity contribution in [2.24, 2.45) is 51.2 Å². The number of phenols is 2. The number of carbonyl (C=O) groups excluding carboxylic acids is 1. The molecule has 6 heteroatoms. The van der Waals surface area contributed by atoms with Crippen molar-refractivity contribution in [1.29, 1.82) is 0 Å². The number of phenolic OH excluding ortho intramolecular Hbond substituents is 2. The molecule has 1 aromatic carbocycles. The van der Waals surface area contributed by atoms with Crippen LogP contribution in [-0.2, 0) is 14.3 Å². The number of benzene rings is 1. The van der Waals surface area contributed by atoms with Gasteiger partial charge in [-0.2, -0.15) is 0 Å². The number of rotatable bonds is 3. The molecule has 45 heavy (non-hydrogen) atoms. The Labute approximate surface area is 271 Å². The minimum Gasteiger partial charge on any atom is -0.504 e. The molecule has 5 fully saturated rings.